The maximum absolute atomic E-state index is 12.2. The van der Waals surface area contributed by atoms with Crippen molar-refractivity contribution in [3.63, 3.8) is 0 Å². The highest BCUT2D eigenvalue weighted by molar-refractivity contribution is 6.06. The summed E-state index contributed by atoms with van der Waals surface area (Å²) in [5, 5.41) is 2.37. The van der Waals surface area contributed by atoms with E-state index < -0.39 is 0 Å². The summed E-state index contributed by atoms with van der Waals surface area (Å²) in [7, 11) is 0. The van der Waals surface area contributed by atoms with Gasteiger partial charge in [0.25, 0.3) is 0 Å². The number of amides is 1. The van der Waals surface area contributed by atoms with Crippen LogP contribution in [-0.2, 0) is 16.0 Å². The Morgan fingerprint density at radius 1 is 1.17 bits per heavy atom. The Hall–Kier alpha value is -2.40. The molecule has 0 saturated carbocycles. The smallest absolute Gasteiger partial charge is 0.223 e. The van der Waals surface area contributed by atoms with E-state index in [4.69, 9.17) is 4.74 Å². The summed E-state index contributed by atoms with van der Waals surface area (Å²) in [5.41, 5.74) is 3.11. The highest BCUT2D eigenvalue weighted by atomic mass is 16.5. The molecule has 1 N–H and O–H groups in total. The van der Waals surface area contributed by atoms with Crippen molar-refractivity contribution in [1.29, 1.82) is 0 Å². The lowest BCUT2D eigenvalue weighted by atomic mass is 10.1. The van der Waals surface area contributed by atoms with Gasteiger partial charge in [0.05, 0.1) is 24.9 Å². The van der Waals surface area contributed by atoms with E-state index in [0.29, 0.717) is 39.1 Å². The van der Waals surface area contributed by atoms with Crippen LogP contribution in [0, 0.1) is 0 Å². The van der Waals surface area contributed by atoms with E-state index >= 15 is 0 Å². The maximum Gasteiger partial charge on any atom is 0.223 e. The average Bonchev–Trinajstić information content (AvgIpc) is 2.98. The number of nitrogens with zero attached hydrogens (tertiary/aromatic N) is 2. The summed E-state index contributed by atoms with van der Waals surface area (Å²) in [6, 6.07) is 10.3. The third-order valence-electron chi connectivity index (χ3n) is 4.41. The van der Waals surface area contributed by atoms with Gasteiger partial charge in [0.15, 0.2) is 0 Å². The second-order valence-electron chi connectivity index (χ2n) is 5.88. The zero-order chi connectivity index (χ0) is 15.6. The molecule has 5 nitrogen and oxygen atoms in total. The summed E-state index contributed by atoms with van der Waals surface area (Å²) < 4.78 is 5.28. The Balaban J connectivity index is 1.52. The first kappa shape index (κ1) is 14.2. The number of aromatic amines is 1. The van der Waals surface area contributed by atoms with Crippen LogP contribution < -0.4 is 0 Å². The Labute approximate surface area is 134 Å². The van der Waals surface area contributed by atoms with Crippen molar-refractivity contribution in [3.05, 3.63) is 42.2 Å². The number of benzene rings is 1. The van der Waals surface area contributed by atoms with Gasteiger partial charge in [-0.1, -0.05) is 18.2 Å². The van der Waals surface area contributed by atoms with E-state index in [0.717, 1.165) is 16.7 Å². The van der Waals surface area contributed by atoms with Crippen LogP contribution >= 0.6 is 0 Å². The number of fused-ring (bicyclic) bond motifs is 3. The quantitative estimate of drug-likeness (QED) is 0.809. The fraction of sp³-hybridized carbons (Fsp3) is 0.333. The van der Waals surface area contributed by atoms with Crippen molar-refractivity contribution < 1.29 is 9.53 Å². The summed E-state index contributed by atoms with van der Waals surface area (Å²) >= 11 is 0. The zero-order valence-corrected chi connectivity index (χ0v) is 12.9. The van der Waals surface area contributed by atoms with Gasteiger partial charge in [-0.2, -0.15) is 0 Å². The van der Waals surface area contributed by atoms with Crippen molar-refractivity contribution >= 4 is 27.7 Å². The molecule has 1 amide bonds. The van der Waals surface area contributed by atoms with E-state index in [1.807, 2.05) is 23.2 Å². The molecule has 4 rings (SSSR count). The van der Waals surface area contributed by atoms with Crippen LogP contribution in [0.5, 0.6) is 0 Å². The Morgan fingerprint density at radius 2 is 2.00 bits per heavy atom. The van der Waals surface area contributed by atoms with Crippen molar-refractivity contribution in [2.75, 3.05) is 26.3 Å². The number of pyridine rings is 1. The molecule has 118 valence electrons. The molecule has 1 saturated heterocycles. The molecule has 1 fully saturated rings. The molecule has 0 spiro atoms. The minimum Gasteiger partial charge on any atom is -0.378 e. The van der Waals surface area contributed by atoms with Crippen LogP contribution in [0.1, 0.15) is 12.1 Å². The molecule has 5 heteroatoms. The highest BCUT2D eigenvalue weighted by Crippen LogP contribution is 2.25. The predicted octanol–water partition coefficient (Wildman–Crippen LogP) is 2.51. The van der Waals surface area contributed by atoms with Gasteiger partial charge in [-0.05, 0) is 18.6 Å². The number of ether oxygens (including phenoxy) is 1. The average molecular weight is 309 g/mol. The minimum atomic E-state index is 0.189. The van der Waals surface area contributed by atoms with E-state index in [1.54, 1.807) is 0 Å². The van der Waals surface area contributed by atoms with Gasteiger partial charge in [0.1, 0.15) is 0 Å². The van der Waals surface area contributed by atoms with Crippen LogP contribution in [0.15, 0.2) is 36.5 Å². The summed E-state index contributed by atoms with van der Waals surface area (Å²) in [4.78, 5) is 22.0. The molecular weight excluding hydrogens is 290 g/mol. The molecular formula is C18H19N3O2. The van der Waals surface area contributed by atoms with E-state index in [2.05, 4.69) is 28.2 Å². The Kier molecular flexibility index (Phi) is 3.71. The Morgan fingerprint density at radius 3 is 2.87 bits per heavy atom. The minimum absolute atomic E-state index is 0.189. The lowest BCUT2D eigenvalue weighted by molar-refractivity contribution is -0.135. The second kappa shape index (κ2) is 6.01. The first-order valence-corrected chi connectivity index (χ1v) is 8.02. The molecule has 3 aromatic rings. The van der Waals surface area contributed by atoms with Crippen molar-refractivity contribution in [2.45, 2.75) is 12.8 Å². The zero-order valence-electron chi connectivity index (χ0n) is 12.9. The van der Waals surface area contributed by atoms with Crippen LogP contribution in [0.2, 0.25) is 0 Å². The first-order chi connectivity index (χ1) is 11.3. The lowest BCUT2D eigenvalue weighted by Crippen LogP contribution is -2.40. The van der Waals surface area contributed by atoms with Gasteiger partial charge in [0, 0.05) is 41.5 Å². The molecule has 0 unspecified atom stereocenters. The van der Waals surface area contributed by atoms with Crippen molar-refractivity contribution in [1.82, 2.24) is 14.9 Å². The second-order valence-corrected chi connectivity index (χ2v) is 5.88. The van der Waals surface area contributed by atoms with Gasteiger partial charge in [-0.15, -0.1) is 0 Å². The summed E-state index contributed by atoms with van der Waals surface area (Å²) in [6.07, 6.45) is 3.04. The first-order valence-electron chi connectivity index (χ1n) is 8.02. The lowest BCUT2D eigenvalue weighted by Gasteiger charge is -2.26. The number of nitrogens with one attached hydrogen (secondary N) is 1. The largest absolute Gasteiger partial charge is 0.378 e. The Bertz CT molecular complexity index is 850. The molecule has 1 aromatic carbocycles. The topological polar surface area (TPSA) is 58.2 Å². The van der Waals surface area contributed by atoms with E-state index in [1.165, 1.54) is 10.8 Å². The van der Waals surface area contributed by atoms with Crippen LogP contribution in [-0.4, -0.2) is 47.1 Å². The number of carbonyl (C=O) groups excluding carboxylic acids is 1. The van der Waals surface area contributed by atoms with Crippen molar-refractivity contribution in [2.24, 2.45) is 0 Å². The van der Waals surface area contributed by atoms with Crippen LogP contribution in [0.25, 0.3) is 21.8 Å². The van der Waals surface area contributed by atoms with Gasteiger partial charge < -0.3 is 14.6 Å². The fourth-order valence-electron chi connectivity index (χ4n) is 3.14. The SMILES string of the molecule is O=C(CCc1cc2c(cn1)[nH]c1ccccc12)N1CCOCC1. The molecule has 2 aromatic heterocycles. The number of morpholine rings is 1. The highest BCUT2D eigenvalue weighted by Gasteiger charge is 2.16. The number of aromatic nitrogens is 2. The normalized spacial score (nSPS) is 15.4. The predicted molar refractivity (Wildman–Crippen MR) is 89.3 cm³/mol. The number of hydrogen-bond donors (Lipinski definition) is 1. The van der Waals surface area contributed by atoms with Crippen molar-refractivity contribution in [3.8, 4) is 0 Å². The van der Waals surface area contributed by atoms with Gasteiger partial charge in [0.2, 0.25) is 5.91 Å². The monoisotopic (exact) mass is 309 g/mol. The number of rotatable bonds is 3. The van der Waals surface area contributed by atoms with Crippen LogP contribution in [0.3, 0.4) is 0 Å². The third kappa shape index (κ3) is 2.80. The van der Waals surface area contributed by atoms with Gasteiger partial charge >= 0.3 is 0 Å². The molecule has 0 aliphatic carbocycles. The van der Waals surface area contributed by atoms with E-state index in [9.17, 15) is 4.79 Å². The molecule has 1 aliphatic heterocycles. The molecule has 1 aliphatic rings. The number of para-hydroxylation sites is 1. The number of hydrogen-bond acceptors (Lipinski definition) is 3. The molecule has 0 atom stereocenters. The standard InChI is InChI=1S/C18H19N3O2/c22-18(21-7-9-23-10-8-21)6-5-13-11-15-14-3-1-2-4-16(14)20-17(15)12-19-13/h1-4,11-12,20H,5-10H2. The van der Waals surface area contributed by atoms with E-state index in [-0.39, 0.29) is 5.91 Å². The molecule has 0 radical (unpaired) electrons. The fourth-order valence-corrected chi connectivity index (χ4v) is 3.14. The number of H-pyrrole nitrogens is 1. The molecule has 0 bridgehead atoms. The molecule has 3 heterocycles. The number of carbonyl (C=O) groups is 1. The maximum atomic E-state index is 12.2. The van der Waals surface area contributed by atoms with Gasteiger partial charge in [-0.25, -0.2) is 0 Å². The molecule has 23 heavy (non-hydrogen) atoms. The van der Waals surface area contributed by atoms with Crippen LogP contribution in [0.4, 0.5) is 0 Å². The van der Waals surface area contributed by atoms with Gasteiger partial charge in [-0.3, -0.25) is 9.78 Å². The number of aryl methyl sites for hydroxylation is 1. The summed E-state index contributed by atoms with van der Waals surface area (Å²) in [5.74, 6) is 0.189. The summed E-state index contributed by atoms with van der Waals surface area (Å²) in [6.45, 7) is 2.69. The third-order valence-corrected chi connectivity index (χ3v) is 4.41.